The maximum atomic E-state index is 12.8. The zero-order valence-electron chi connectivity index (χ0n) is 14.0. The SMILES string of the molecule is Cc1cc(C)c(S(=O)(=O)NC2CCc3n[nH]c(=O)cc3C2)c(C)c1. The van der Waals surface area contributed by atoms with Crippen molar-refractivity contribution in [1.29, 1.82) is 0 Å². The normalized spacial score (nSPS) is 17.5. The second-order valence-corrected chi connectivity index (χ2v) is 8.14. The second-order valence-electron chi connectivity index (χ2n) is 6.49. The van der Waals surface area contributed by atoms with E-state index < -0.39 is 10.0 Å². The van der Waals surface area contributed by atoms with E-state index in [4.69, 9.17) is 0 Å². The van der Waals surface area contributed by atoms with E-state index in [2.05, 4.69) is 14.9 Å². The summed E-state index contributed by atoms with van der Waals surface area (Å²) in [7, 11) is -3.61. The van der Waals surface area contributed by atoms with E-state index in [0.29, 0.717) is 24.2 Å². The monoisotopic (exact) mass is 347 g/mol. The van der Waals surface area contributed by atoms with Crippen LogP contribution in [0.3, 0.4) is 0 Å². The Labute approximate surface area is 141 Å². The number of hydrogen-bond acceptors (Lipinski definition) is 4. The molecule has 6 nitrogen and oxygen atoms in total. The van der Waals surface area contributed by atoms with Gasteiger partial charge in [0.2, 0.25) is 10.0 Å². The molecule has 1 atom stereocenters. The van der Waals surface area contributed by atoms with Crippen molar-refractivity contribution in [2.24, 2.45) is 0 Å². The molecule has 7 heteroatoms. The molecule has 128 valence electrons. The van der Waals surface area contributed by atoms with Gasteiger partial charge >= 0.3 is 0 Å². The molecule has 0 saturated heterocycles. The predicted octanol–water partition coefficient (Wildman–Crippen LogP) is 1.53. The number of sulfonamides is 1. The summed E-state index contributed by atoms with van der Waals surface area (Å²) in [6.07, 6.45) is 1.79. The lowest BCUT2D eigenvalue weighted by molar-refractivity contribution is 0.499. The highest BCUT2D eigenvalue weighted by Crippen LogP contribution is 2.24. The Morgan fingerprint density at radius 1 is 1.17 bits per heavy atom. The van der Waals surface area contributed by atoms with Crippen molar-refractivity contribution in [3.8, 4) is 0 Å². The summed E-state index contributed by atoms with van der Waals surface area (Å²) in [5, 5.41) is 6.46. The van der Waals surface area contributed by atoms with Crippen LogP contribution in [0.25, 0.3) is 0 Å². The van der Waals surface area contributed by atoms with Gasteiger partial charge in [0.05, 0.1) is 10.6 Å². The highest BCUT2D eigenvalue weighted by molar-refractivity contribution is 7.89. The van der Waals surface area contributed by atoms with Crippen LogP contribution in [-0.2, 0) is 22.9 Å². The van der Waals surface area contributed by atoms with E-state index in [1.807, 2.05) is 32.9 Å². The number of H-pyrrole nitrogens is 1. The molecule has 0 amide bonds. The average Bonchev–Trinajstić information content (AvgIpc) is 2.44. The minimum absolute atomic E-state index is 0.230. The molecular weight excluding hydrogens is 326 g/mol. The molecule has 3 rings (SSSR count). The fourth-order valence-electron chi connectivity index (χ4n) is 3.51. The first-order valence-electron chi connectivity index (χ1n) is 7.94. The van der Waals surface area contributed by atoms with Crippen molar-refractivity contribution < 1.29 is 8.42 Å². The van der Waals surface area contributed by atoms with Crippen molar-refractivity contribution >= 4 is 10.0 Å². The van der Waals surface area contributed by atoms with Crippen LogP contribution in [0.2, 0.25) is 0 Å². The van der Waals surface area contributed by atoms with E-state index in [-0.39, 0.29) is 11.6 Å². The molecule has 1 unspecified atom stereocenters. The van der Waals surface area contributed by atoms with Crippen molar-refractivity contribution in [1.82, 2.24) is 14.9 Å². The third kappa shape index (κ3) is 3.27. The van der Waals surface area contributed by atoms with Gasteiger partial charge in [0.15, 0.2) is 0 Å². The molecule has 1 aliphatic rings. The third-order valence-corrected chi connectivity index (χ3v) is 6.19. The minimum atomic E-state index is -3.61. The van der Waals surface area contributed by atoms with Crippen LogP contribution >= 0.6 is 0 Å². The van der Waals surface area contributed by atoms with E-state index in [1.165, 1.54) is 6.07 Å². The molecule has 2 aromatic rings. The summed E-state index contributed by atoms with van der Waals surface area (Å²) in [5.41, 5.74) is 3.93. The molecule has 0 bridgehead atoms. The molecule has 2 N–H and O–H groups in total. The van der Waals surface area contributed by atoms with Gasteiger partial charge in [-0.25, -0.2) is 18.2 Å². The Hall–Kier alpha value is -1.99. The largest absolute Gasteiger partial charge is 0.268 e. The lowest BCUT2D eigenvalue weighted by Gasteiger charge is -2.25. The van der Waals surface area contributed by atoms with Crippen molar-refractivity contribution in [2.45, 2.75) is 51.0 Å². The first-order chi connectivity index (χ1) is 11.3. The zero-order chi connectivity index (χ0) is 17.5. The molecule has 1 aromatic carbocycles. The van der Waals surface area contributed by atoms with Crippen molar-refractivity contribution in [2.75, 3.05) is 0 Å². The number of aromatic nitrogens is 2. The smallest absolute Gasteiger partial charge is 0.264 e. The highest BCUT2D eigenvalue weighted by atomic mass is 32.2. The van der Waals surface area contributed by atoms with E-state index in [0.717, 1.165) is 27.9 Å². The van der Waals surface area contributed by atoms with Gasteiger partial charge in [-0.3, -0.25) is 4.79 Å². The first-order valence-corrected chi connectivity index (χ1v) is 9.42. The quantitative estimate of drug-likeness (QED) is 0.881. The van der Waals surface area contributed by atoms with Crippen LogP contribution in [0.5, 0.6) is 0 Å². The van der Waals surface area contributed by atoms with Gasteiger partial charge in [-0.2, -0.15) is 5.10 Å². The topological polar surface area (TPSA) is 91.9 Å². The number of nitrogens with one attached hydrogen (secondary N) is 2. The van der Waals surface area contributed by atoms with Gasteiger partial charge in [0.1, 0.15) is 0 Å². The summed E-state index contributed by atoms with van der Waals surface area (Å²) in [5.74, 6) is 0. The van der Waals surface area contributed by atoms with Crippen LogP contribution in [0, 0.1) is 20.8 Å². The van der Waals surface area contributed by atoms with E-state index >= 15 is 0 Å². The Morgan fingerprint density at radius 3 is 2.50 bits per heavy atom. The number of fused-ring (bicyclic) bond motifs is 1. The van der Waals surface area contributed by atoms with Crippen LogP contribution in [0.15, 0.2) is 27.9 Å². The maximum absolute atomic E-state index is 12.8. The fourth-order valence-corrected chi connectivity index (χ4v) is 5.23. The summed E-state index contributed by atoms with van der Waals surface area (Å²) in [6.45, 7) is 5.58. The Bertz CT molecular complexity index is 925. The lowest BCUT2D eigenvalue weighted by Crippen LogP contribution is -2.40. The highest BCUT2D eigenvalue weighted by Gasteiger charge is 2.27. The van der Waals surface area contributed by atoms with Crippen LogP contribution in [0.1, 0.15) is 34.4 Å². The number of nitrogens with zero attached hydrogens (tertiary/aromatic N) is 1. The molecule has 0 aliphatic heterocycles. The number of aromatic amines is 1. The Kier molecular flexibility index (Phi) is 4.31. The number of benzene rings is 1. The molecular formula is C17H21N3O3S. The lowest BCUT2D eigenvalue weighted by atomic mass is 9.93. The standard InChI is InChI=1S/C17H21N3O3S/c1-10-6-11(2)17(12(3)7-10)24(22,23)20-14-4-5-15-13(8-14)9-16(21)19-18-15/h6-7,9,14,20H,4-5,8H2,1-3H3,(H,19,21). The summed E-state index contributed by atoms with van der Waals surface area (Å²) in [6, 6.07) is 5.03. The molecule has 0 radical (unpaired) electrons. The van der Waals surface area contributed by atoms with Gasteiger partial charge in [0.25, 0.3) is 5.56 Å². The summed E-state index contributed by atoms with van der Waals surface area (Å²) >= 11 is 0. The molecule has 0 spiro atoms. The molecule has 1 aliphatic carbocycles. The van der Waals surface area contributed by atoms with Gasteiger partial charge in [0, 0.05) is 12.1 Å². The van der Waals surface area contributed by atoms with Gasteiger partial charge in [-0.05, 0) is 56.7 Å². The fraction of sp³-hybridized carbons (Fsp3) is 0.412. The van der Waals surface area contributed by atoms with Crippen molar-refractivity contribution in [3.05, 3.63) is 56.5 Å². The third-order valence-electron chi connectivity index (χ3n) is 4.37. The summed E-state index contributed by atoms with van der Waals surface area (Å²) in [4.78, 5) is 11.8. The van der Waals surface area contributed by atoms with E-state index in [1.54, 1.807) is 0 Å². The van der Waals surface area contributed by atoms with Crippen LogP contribution < -0.4 is 10.3 Å². The van der Waals surface area contributed by atoms with Gasteiger partial charge in [-0.15, -0.1) is 0 Å². The average molecular weight is 347 g/mol. The number of aryl methyl sites for hydroxylation is 4. The summed E-state index contributed by atoms with van der Waals surface area (Å²) < 4.78 is 28.5. The Morgan fingerprint density at radius 2 is 1.83 bits per heavy atom. The molecule has 24 heavy (non-hydrogen) atoms. The van der Waals surface area contributed by atoms with Gasteiger partial charge < -0.3 is 0 Å². The minimum Gasteiger partial charge on any atom is -0.268 e. The zero-order valence-corrected chi connectivity index (χ0v) is 14.8. The Balaban J connectivity index is 1.87. The molecule has 1 aromatic heterocycles. The van der Waals surface area contributed by atoms with Gasteiger partial charge in [-0.1, -0.05) is 17.7 Å². The van der Waals surface area contributed by atoms with Crippen LogP contribution in [-0.4, -0.2) is 24.7 Å². The van der Waals surface area contributed by atoms with Crippen LogP contribution in [0.4, 0.5) is 0 Å². The number of rotatable bonds is 3. The second kappa shape index (κ2) is 6.14. The molecule has 0 saturated carbocycles. The number of hydrogen-bond donors (Lipinski definition) is 2. The maximum Gasteiger partial charge on any atom is 0.264 e. The molecule has 0 fully saturated rings. The predicted molar refractivity (Wildman–Crippen MR) is 91.6 cm³/mol. The first kappa shape index (κ1) is 16.9. The molecule has 1 heterocycles. The van der Waals surface area contributed by atoms with Crippen molar-refractivity contribution in [3.63, 3.8) is 0 Å². The van der Waals surface area contributed by atoms with E-state index in [9.17, 15) is 13.2 Å².